The van der Waals surface area contributed by atoms with Gasteiger partial charge in [-0.05, 0) is 63.8 Å². The van der Waals surface area contributed by atoms with Gasteiger partial charge in [0, 0.05) is 38.8 Å². The van der Waals surface area contributed by atoms with Gasteiger partial charge in [-0.3, -0.25) is 0 Å². The van der Waals surface area contributed by atoms with Crippen molar-refractivity contribution in [2.75, 3.05) is 33.3 Å². The number of hydrogen-bond donors (Lipinski definition) is 2. The highest BCUT2D eigenvalue weighted by Crippen LogP contribution is 2.26. The van der Waals surface area contributed by atoms with Gasteiger partial charge in [-0.15, -0.1) is 0 Å². The molecule has 0 aromatic rings. The topological polar surface area (TPSA) is 55.8 Å². The molecule has 0 bridgehead atoms. The van der Waals surface area contributed by atoms with Gasteiger partial charge >= 0.3 is 6.03 Å². The maximum Gasteiger partial charge on any atom is 0.317 e. The standard InChI is InChI=1S/C18H35N3O2/c1-14-5-4-10-21(11-14)12-15(2)19-18(23)20(3)17-8-6-16(13-22)7-9-17/h14-17,22H,4-13H2,1-3H3,(H,19,23). The second kappa shape index (κ2) is 8.88. The van der Waals surface area contributed by atoms with Crippen molar-refractivity contribution in [3.8, 4) is 0 Å². The Kier molecular flexibility index (Phi) is 7.15. The number of carbonyl (C=O) groups is 1. The normalized spacial score (nSPS) is 30.7. The van der Waals surface area contributed by atoms with E-state index in [-0.39, 0.29) is 18.7 Å². The van der Waals surface area contributed by atoms with E-state index in [0.717, 1.165) is 51.2 Å². The number of piperidine rings is 1. The van der Waals surface area contributed by atoms with Crippen LogP contribution in [0.5, 0.6) is 0 Å². The summed E-state index contributed by atoms with van der Waals surface area (Å²) in [5, 5.41) is 12.4. The number of nitrogens with zero attached hydrogens (tertiary/aromatic N) is 2. The maximum absolute atomic E-state index is 12.5. The molecule has 1 aliphatic carbocycles. The van der Waals surface area contributed by atoms with Gasteiger partial charge in [-0.1, -0.05) is 6.92 Å². The average molecular weight is 325 g/mol. The Balaban J connectivity index is 1.72. The minimum atomic E-state index is 0.0509. The largest absolute Gasteiger partial charge is 0.396 e. The molecule has 2 rings (SSSR count). The lowest BCUT2D eigenvalue weighted by Gasteiger charge is -2.36. The Bertz CT molecular complexity index is 369. The van der Waals surface area contributed by atoms with Crippen LogP contribution in [-0.4, -0.2) is 66.3 Å². The molecule has 0 aromatic carbocycles. The van der Waals surface area contributed by atoms with E-state index in [1.165, 1.54) is 12.8 Å². The van der Waals surface area contributed by atoms with E-state index in [1.807, 2.05) is 11.9 Å². The number of hydrogen-bond acceptors (Lipinski definition) is 3. The Morgan fingerprint density at radius 3 is 2.61 bits per heavy atom. The molecule has 0 aromatic heterocycles. The van der Waals surface area contributed by atoms with Crippen molar-refractivity contribution in [3.05, 3.63) is 0 Å². The Hall–Kier alpha value is -0.810. The van der Waals surface area contributed by atoms with E-state index in [2.05, 4.69) is 24.1 Å². The molecule has 5 heteroatoms. The highest BCUT2D eigenvalue weighted by Gasteiger charge is 2.27. The zero-order valence-corrected chi connectivity index (χ0v) is 15.1. The Morgan fingerprint density at radius 1 is 1.30 bits per heavy atom. The third-order valence-corrected chi connectivity index (χ3v) is 5.59. The first kappa shape index (κ1) is 18.5. The first-order valence-electron chi connectivity index (χ1n) is 9.36. The van der Waals surface area contributed by atoms with Gasteiger partial charge in [-0.2, -0.15) is 0 Å². The summed E-state index contributed by atoms with van der Waals surface area (Å²) in [7, 11) is 1.91. The lowest BCUT2D eigenvalue weighted by molar-refractivity contribution is 0.129. The molecule has 1 saturated heterocycles. The van der Waals surface area contributed by atoms with Gasteiger partial charge in [0.15, 0.2) is 0 Å². The number of carbonyl (C=O) groups excluding carboxylic acids is 1. The third kappa shape index (κ3) is 5.64. The molecule has 1 heterocycles. The summed E-state index contributed by atoms with van der Waals surface area (Å²) in [6.45, 7) is 7.96. The predicted molar refractivity (Wildman–Crippen MR) is 93.4 cm³/mol. The predicted octanol–water partition coefficient (Wildman–Crippen LogP) is 2.30. The second-order valence-electron chi connectivity index (χ2n) is 7.83. The molecule has 2 amide bonds. The molecule has 5 nitrogen and oxygen atoms in total. The summed E-state index contributed by atoms with van der Waals surface area (Å²) in [6, 6.07) is 0.555. The third-order valence-electron chi connectivity index (χ3n) is 5.59. The molecule has 23 heavy (non-hydrogen) atoms. The smallest absolute Gasteiger partial charge is 0.317 e. The van der Waals surface area contributed by atoms with Gasteiger partial charge < -0.3 is 20.2 Å². The molecule has 1 saturated carbocycles. The number of urea groups is 1. The first-order valence-corrected chi connectivity index (χ1v) is 9.36. The van der Waals surface area contributed by atoms with Crippen molar-refractivity contribution in [2.45, 2.75) is 64.5 Å². The van der Waals surface area contributed by atoms with Crippen molar-refractivity contribution in [2.24, 2.45) is 11.8 Å². The quantitative estimate of drug-likeness (QED) is 0.815. The number of likely N-dealkylation sites (tertiary alicyclic amines) is 1. The van der Waals surface area contributed by atoms with E-state index in [1.54, 1.807) is 0 Å². The van der Waals surface area contributed by atoms with Crippen molar-refractivity contribution in [1.29, 1.82) is 0 Å². The molecule has 2 fully saturated rings. The molecular formula is C18H35N3O2. The van der Waals surface area contributed by atoms with Gasteiger partial charge in [0.1, 0.15) is 0 Å². The highest BCUT2D eigenvalue weighted by molar-refractivity contribution is 5.74. The summed E-state index contributed by atoms with van der Waals surface area (Å²) >= 11 is 0. The number of rotatable bonds is 5. The molecule has 2 atom stereocenters. The van der Waals surface area contributed by atoms with Crippen LogP contribution in [0.2, 0.25) is 0 Å². The minimum Gasteiger partial charge on any atom is -0.396 e. The number of amides is 2. The van der Waals surface area contributed by atoms with Gasteiger partial charge in [-0.25, -0.2) is 4.79 Å². The highest BCUT2D eigenvalue weighted by atomic mass is 16.3. The van der Waals surface area contributed by atoms with Crippen LogP contribution in [-0.2, 0) is 0 Å². The van der Waals surface area contributed by atoms with Crippen molar-refractivity contribution in [3.63, 3.8) is 0 Å². The fraction of sp³-hybridized carbons (Fsp3) is 0.944. The average Bonchev–Trinajstić information content (AvgIpc) is 2.54. The van der Waals surface area contributed by atoms with Crippen LogP contribution in [0.1, 0.15) is 52.4 Å². The van der Waals surface area contributed by atoms with Gasteiger partial charge in [0.05, 0.1) is 0 Å². The number of nitrogens with one attached hydrogen (secondary N) is 1. The summed E-state index contributed by atoms with van der Waals surface area (Å²) in [4.78, 5) is 16.8. The SMILES string of the molecule is CC1CCCN(CC(C)NC(=O)N(C)C2CCC(CO)CC2)C1. The molecule has 2 N–H and O–H groups in total. The zero-order chi connectivity index (χ0) is 16.8. The molecule has 2 unspecified atom stereocenters. The van der Waals surface area contributed by atoms with Crippen LogP contribution in [0.4, 0.5) is 4.79 Å². The van der Waals surface area contributed by atoms with Crippen molar-refractivity contribution >= 4 is 6.03 Å². The molecule has 134 valence electrons. The first-order chi connectivity index (χ1) is 11.0. The fourth-order valence-corrected chi connectivity index (χ4v) is 4.08. The van der Waals surface area contributed by atoms with Crippen LogP contribution in [0.15, 0.2) is 0 Å². The summed E-state index contributed by atoms with van der Waals surface area (Å²) < 4.78 is 0. The molecule has 1 aliphatic heterocycles. The lowest BCUT2D eigenvalue weighted by Crippen LogP contribution is -2.51. The summed E-state index contributed by atoms with van der Waals surface area (Å²) in [5.74, 6) is 1.21. The van der Waals surface area contributed by atoms with Crippen molar-refractivity contribution < 1.29 is 9.90 Å². The van der Waals surface area contributed by atoms with Crippen LogP contribution in [0.3, 0.4) is 0 Å². The van der Waals surface area contributed by atoms with E-state index < -0.39 is 0 Å². The van der Waals surface area contributed by atoms with Gasteiger partial charge in [0.25, 0.3) is 0 Å². The fourth-order valence-electron chi connectivity index (χ4n) is 4.08. The van der Waals surface area contributed by atoms with Gasteiger partial charge in [0.2, 0.25) is 0 Å². The Morgan fingerprint density at radius 2 is 2.00 bits per heavy atom. The van der Waals surface area contributed by atoms with Crippen LogP contribution in [0, 0.1) is 11.8 Å². The van der Waals surface area contributed by atoms with Crippen LogP contribution < -0.4 is 5.32 Å². The zero-order valence-electron chi connectivity index (χ0n) is 15.1. The molecule has 0 radical (unpaired) electrons. The molecular weight excluding hydrogens is 290 g/mol. The second-order valence-corrected chi connectivity index (χ2v) is 7.83. The van der Waals surface area contributed by atoms with Crippen molar-refractivity contribution in [1.82, 2.24) is 15.1 Å². The minimum absolute atomic E-state index is 0.0509. The van der Waals surface area contributed by atoms with E-state index >= 15 is 0 Å². The molecule has 2 aliphatic rings. The monoisotopic (exact) mass is 325 g/mol. The van der Waals surface area contributed by atoms with Crippen LogP contribution >= 0.6 is 0 Å². The lowest BCUT2D eigenvalue weighted by atomic mass is 9.86. The summed E-state index contributed by atoms with van der Waals surface area (Å²) in [6.07, 6.45) is 6.67. The van der Waals surface area contributed by atoms with E-state index in [9.17, 15) is 9.90 Å². The van der Waals surface area contributed by atoms with Crippen LogP contribution in [0.25, 0.3) is 0 Å². The van der Waals surface area contributed by atoms with E-state index in [4.69, 9.17) is 0 Å². The summed E-state index contributed by atoms with van der Waals surface area (Å²) in [5.41, 5.74) is 0. The maximum atomic E-state index is 12.5. The van der Waals surface area contributed by atoms with E-state index in [0.29, 0.717) is 12.0 Å². The number of aliphatic hydroxyl groups is 1. The number of aliphatic hydroxyl groups excluding tert-OH is 1. The molecule has 0 spiro atoms. The Labute approximate surface area is 141 Å².